The number of ether oxygens (including phenoxy) is 1. The zero-order valence-corrected chi connectivity index (χ0v) is 11.6. The molecule has 0 spiro atoms. The fourth-order valence-electron chi connectivity index (χ4n) is 2.14. The molecule has 2 aromatic carbocycles. The van der Waals surface area contributed by atoms with Gasteiger partial charge in [-0.05, 0) is 30.3 Å². The fourth-order valence-corrected chi connectivity index (χ4v) is 2.14. The molecular weight excluding hydrogens is 312 g/mol. The van der Waals surface area contributed by atoms with Crippen molar-refractivity contribution in [3.63, 3.8) is 0 Å². The van der Waals surface area contributed by atoms with Crippen LogP contribution in [0.2, 0.25) is 0 Å². The van der Waals surface area contributed by atoms with E-state index in [-0.39, 0.29) is 5.75 Å². The highest BCUT2D eigenvalue weighted by Gasteiger charge is 2.31. The van der Waals surface area contributed by atoms with Crippen LogP contribution in [0.3, 0.4) is 0 Å². The summed E-state index contributed by atoms with van der Waals surface area (Å²) in [6.07, 6.45) is -4.76. The third kappa shape index (κ3) is 3.50. The smallest absolute Gasteiger partial charge is 0.406 e. The van der Waals surface area contributed by atoms with Crippen LogP contribution in [0, 0.1) is 5.82 Å². The number of benzene rings is 2. The predicted octanol–water partition coefficient (Wildman–Crippen LogP) is 4.78. The third-order valence-corrected chi connectivity index (χ3v) is 3.11. The van der Waals surface area contributed by atoms with Gasteiger partial charge in [0, 0.05) is 11.1 Å². The first-order chi connectivity index (χ1) is 10.9. The van der Waals surface area contributed by atoms with Gasteiger partial charge in [-0.2, -0.15) is 5.10 Å². The summed E-state index contributed by atoms with van der Waals surface area (Å²) < 4.78 is 54.4. The molecule has 1 N–H and O–H groups in total. The van der Waals surface area contributed by atoms with Crippen LogP contribution >= 0.6 is 0 Å². The highest BCUT2D eigenvalue weighted by molar-refractivity contribution is 5.69. The van der Waals surface area contributed by atoms with Gasteiger partial charge >= 0.3 is 6.36 Å². The molecule has 3 rings (SSSR count). The van der Waals surface area contributed by atoms with E-state index in [4.69, 9.17) is 0 Å². The minimum atomic E-state index is -4.76. The molecule has 0 fully saturated rings. The van der Waals surface area contributed by atoms with Gasteiger partial charge in [-0.3, -0.25) is 5.10 Å². The molecule has 0 radical (unpaired) electrons. The fraction of sp³-hybridized carbons (Fsp3) is 0.0625. The predicted molar refractivity (Wildman–Crippen MR) is 76.1 cm³/mol. The van der Waals surface area contributed by atoms with Crippen LogP contribution in [0.5, 0.6) is 5.75 Å². The van der Waals surface area contributed by atoms with Gasteiger partial charge in [0.25, 0.3) is 0 Å². The number of rotatable bonds is 3. The van der Waals surface area contributed by atoms with E-state index >= 15 is 0 Å². The lowest BCUT2D eigenvalue weighted by Crippen LogP contribution is -2.17. The SMILES string of the molecule is Fc1ccccc1-c1cc(-c2cccc(OC(F)(F)F)c2)[nH]n1. The number of H-pyrrole nitrogens is 1. The molecule has 0 unspecified atom stereocenters. The third-order valence-electron chi connectivity index (χ3n) is 3.11. The maximum Gasteiger partial charge on any atom is 0.573 e. The van der Waals surface area contributed by atoms with Crippen LogP contribution in [0.15, 0.2) is 54.6 Å². The highest BCUT2D eigenvalue weighted by Crippen LogP contribution is 2.29. The first kappa shape index (κ1) is 15.1. The zero-order chi connectivity index (χ0) is 16.4. The second-order valence-electron chi connectivity index (χ2n) is 4.72. The lowest BCUT2D eigenvalue weighted by molar-refractivity contribution is -0.274. The number of nitrogens with zero attached hydrogens (tertiary/aromatic N) is 1. The van der Waals surface area contributed by atoms with Gasteiger partial charge in [0.05, 0.1) is 11.4 Å². The van der Waals surface area contributed by atoms with E-state index in [9.17, 15) is 17.6 Å². The van der Waals surface area contributed by atoms with Gasteiger partial charge in [0.15, 0.2) is 0 Å². The van der Waals surface area contributed by atoms with Gasteiger partial charge < -0.3 is 4.74 Å². The molecule has 23 heavy (non-hydrogen) atoms. The summed E-state index contributed by atoms with van der Waals surface area (Å²) in [6.45, 7) is 0. The molecule has 3 aromatic rings. The minimum Gasteiger partial charge on any atom is -0.406 e. The van der Waals surface area contributed by atoms with Gasteiger partial charge in [-0.1, -0.05) is 24.3 Å². The normalized spacial score (nSPS) is 11.5. The molecule has 0 saturated carbocycles. The van der Waals surface area contributed by atoms with Crippen LogP contribution in [0.1, 0.15) is 0 Å². The maximum atomic E-state index is 13.7. The van der Waals surface area contributed by atoms with E-state index in [0.29, 0.717) is 22.5 Å². The standard InChI is InChI=1S/C16H10F4N2O/c17-13-7-2-1-6-12(13)15-9-14(21-22-15)10-4-3-5-11(8-10)23-16(18,19)20/h1-9H,(H,21,22). The minimum absolute atomic E-state index is 0.303. The van der Waals surface area contributed by atoms with Gasteiger partial charge in [0.2, 0.25) is 0 Å². The average Bonchev–Trinajstić information content (AvgIpc) is 2.96. The van der Waals surface area contributed by atoms with Crippen LogP contribution in [-0.2, 0) is 0 Å². The molecule has 0 aliphatic rings. The number of hydrogen-bond donors (Lipinski definition) is 1. The summed E-state index contributed by atoms with van der Waals surface area (Å²) in [7, 11) is 0. The summed E-state index contributed by atoms with van der Waals surface area (Å²) >= 11 is 0. The summed E-state index contributed by atoms with van der Waals surface area (Å²) in [4.78, 5) is 0. The number of aromatic nitrogens is 2. The Morgan fingerprint density at radius 3 is 2.48 bits per heavy atom. The quantitative estimate of drug-likeness (QED) is 0.705. The molecule has 0 aliphatic heterocycles. The molecule has 3 nitrogen and oxygen atoms in total. The number of hydrogen-bond acceptors (Lipinski definition) is 2. The Kier molecular flexibility index (Phi) is 3.77. The Morgan fingerprint density at radius 2 is 1.74 bits per heavy atom. The van der Waals surface area contributed by atoms with Crippen molar-refractivity contribution < 1.29 is 22.3 Å². The van der Waals surface area contributed by atoms with Crippen molar-refractivity contribution >= 4 is 0 Å². The monoisotopic (exact) mass is 322 g/mol. The van der Waals surface area contributed by atoms with Crippen LogP contribution in [0.25, 0.3) is 22.5 Å². The largest absolute Gasteiger partial charge is 0.573 e. The Bertz CT molecular complexity index is 827. The van der Waals surface area contributed by atoms with Gasteiger partial charge in [-0.15, -0.1) is 13.2 Å². The van der Waals surface area contributed by atoms with Crippen molar-refractivity contribution in [1.29, 1.82) is 0 Å². The molecular formula is C16H10F4N2O. The molecule has 0 atom stereocenters. The van der Waals surface area contributed by atoms with Crippen molar-refractivity contribution in [2.45, 2.75) is 6.36 Å². The van der Waals surface area contributed by atoms with E-state index in [1.165, 1.54) is 24.3 Å². The van der Waals surface area contributed by atoms with Crippen LogP contribution < -0.4 is 4.74 Å². The van der Waals surface area contributed by atoms with Crippen molar-refractivity contribution in [3.8, 4) is 28.3 Å². The van der Waals surface area contributed by atoms with E-state index in [1.54, 1.807) is 30.3 Å². The second kappa shape index (κ2) is 5.75. The Labute approximate surface area is 128 Å². The summed E-state index contributed by atoms with van der Waals surface area (Å²) in [5, 5.41) is 6.68. The number of nitrogens with one attached hydrogen (secondary N) is 1. The van der Waals surface area contributed by atoms with E-state index in [2.05, 4.69) is 14.9 Å². The maximum absolute atomic E-state index is 13.7. The zero-order valence-electron chi connectivity index (χ0n) is 11.6. The van der Waals surface area contributed by atoms with E-state index in [1.807, 2.05) is 0 Å². The molecule has 0 bridgehead atoms. The Morgan fingerprint density at radius 1 is 0.957 bits per heavy atom. The molecule has 0 aliphatic carbocycles. The number of halogens is 4. The van der Waals surface area contributed by atoms with Gasteiger partial charge in [0.1, 0.15) is 11.6 Å². The molecule has 118 valence electrons. The Balaban J connectivity index is 1.92. The first-order valence-corrected chi connectivity index (χ1v) is 6.59. The van der Waals surface area contributed by atoms with Crippen LogP contribution in [-0.4, -0.2) is 16.6 Å². The molecule has 0 saturated heterocycles. The van der Waals surface area contributed by atoms with Crippen LogP contribution in [0.4, 0.5) is 17.6 Å². The second-order valence-corrected chi connectivity index (χ2v) is 4.72. The molecule has 1 aromatic heterocycles. The lowest BCUT2D eigenvalue weighted by atomic mass is 10.1. The Hall–Kier alpha value is -2.83. The molecule has 0 amide bonds. The highest BCUT2D eigenvalue weighted by atomic mass is 19.4. The summed E-state index contributed by atoms with van der Waals surface area (Å²) in [5.41, 5.74) is 1.57. The lowest BCUT2D eigenvalue weighted by Gasteiger charge is -2.09. The molecule has 1 heterocycles. The van der Waals surface area contributed by atoms with Crippen molar-refractivity contribution in [2.75, 3.05) is 0 Å². The summed E-state index contributed by atoms with van der Waals surface area (Å²) in [5.74, 6) is -0.767. The van der Waals surface area contributed by atoms with Gasteiger partial charge in [-0.25, -0.2) is 4.39 Å². The van der Waals surface area contributed by atoms with Crippen molar-refractivity contribution in [2.24, 2.45) is 0 Å². The van der Waals surface area contributed by atoms with Crippen molar-refractivity contribution in [3.05, 3.63) is 60.4 Å². The molecule has 7 heteroatoms. The number of alkyl halides is 3. The van der Waals surface area contributed by atoms with E-state index < -0.39 is 12.2 Å². The van der Waals surface area contributed by atoms with Crippen molar-refractivity contribution in [1.82, 2.24) is 10.2 Å². The first-order valence-electron chi connectivity index (χ1n) is 6.59. The number of aromatic amines is 1. The average molecular weight is 322 g/mol. The summed E-state index contributed by atoms with van der Waals surface area (Å²) in [6, 6.07) is 13.1. The van der Waals surface area contributed by atoms with E-state index in [0.717, 1.165) is 0 Å². The topological polar surface area (TPSA) is 37.9 Å².